The van der Waals surface area contributed by atoms with Crippen LogP contribution in [0.15, 0.2) is 67.0 Å². The second-order valence-corrected chi connectivity index (χ2v) is 6.95. The summed E-state index contributed by atoms with van der Waals surface area (Å²) in [6, 6.07) is 16.1. The smallest absolute Gasteiger partial charge is 0.269 e. The van der Waals surface area contributed by atoms with Crippen LogP contribution in [-0.2, 0) is 6.54 Å². The Bertz CT molecular complexity index is 976. The van der Waals surface area contributed by atoms with Gasteiger partial charge in [-0.05, 0) is 35.9 Å². The van der Waals surface area contributed by atoms with Gasteiger partial charge in [-0.25, -0.2) is 0 Å². The molecule has 8 nitrogen and oxygen atoms in total. The van der Waals surface area contributed by atoms with Gasteiger partial charge in [0.05, 0.1) is 11.5 Å². The average Bonchev–Trinajstić information content (AvgIpc) is 3.27. The van der Waals surface area contributed by atoms with E-state index in [9.17, 15) is 14.9 Å². The number of carbonyl (C=O) groups excluding carboxylic acids is 1. The number of carbonyl (C=O) groups is 1. The number of non-ortho nitro benzene ring substituents is 1. The van der Waals surface area contributed by atoms with Crippen LogP contribution < -0.4 is 4.90 Å². The summed E-state index contributed by atoms with van der Waals surface area (Å²) in [5.74, 6) is 0.0268. The first-order valence-corrected chi connectivity index (χ1v) is 9.45. The van der Waals surface area contributed by atoms with Gasteiger partial charge < -0.3 is 9.80 Å². The second-order valence-electron chi connectivity index (χ2n) is 6.95. The van der Waals surface area contributed by atoms with Crippen LogP contribution in [0.25, 0.3) is 0 Å². The molecule has 1 fully saturated rings. The predicted molar refractivity (Wildman–Crippen MR) is 109 cm³/mol. The molecule has 1 saturated heterocycles. The molecule has 4 rings (SSSR count). The summed E-state index contributed by atoms with van der Waals surface area (Å²) in [7, 11) is 0. The summed E-state index contributed by atoms with van der Waals surface area (Å²) < 4.78 is 1.84. The Morgan fingerprint density at radius 1 is 1.00 bits per heavy atom. The van der Waals surface area contributed by atoms with E-state index in [0.717, 1.165) is 11.3 Å². The van der Waals surface area contributed by atoms with Crippen molar-refractivity contribution >= 4 is 17.3 Å². The van der Waals surface area contributed by atoms with Gasteiger partial charge in [-0.15, -0.1) is 0 Å². The van der Waals surface area contributed by atoms with E-state index < -0.39 is 4.92 Å². The molecular weight excluding hydrogens is 370 g/mol. The molecular formula is C21H21N5O3. The maximum atomic E-state index is 12.8. The van der Waals surface area contributed by atoms with Crippen molar-refractivity contribution in [3.63, 3.8) is 0 Å². The first kappa shape index (κ1) is 18.7. The molecule has 0 unspecified atom stereocenters. The van der Waals surface area contributed by atoms with E-state index in [1.165, 1.54) is 12.1 Å². The van der Waals surface area contributed by atoms with Crippen LogP contribution in [0.1, 0.15) is 15.9 Å². The minimum Gasteiger partial charge on any atom is -0.368 e. The SMILES string of the molecule is O=C(c1ccc(Cn2cccn2)cc1)N1CCN(c2ccc([N+](=O)[O-])cc2)CC1. The molecule has 0 aliphatic carbocycles. The lowest BCUT2D eigenvalue weighted by Gasteiger charge is -2.36. The number of anilines is 1. The summed E-state index contributed by atoms with van der Waals surface area (Å²) in [5.41, 5.74) is 2.79. The van der Waals surface area contributed by atoms with Crippen LogP contribution in [-0.4, -0.2) is 51.7 Å². The molecule has 0 bridgehead atoms. The fraction of sp³-hybridized carbons (Fsp3) is 0.238. The lowest BCUT2D eigenvalue weighted by Crippen LogP contribution is -2.48. The number of amides is 1. The Morgan fingerprint density at radius 3 is 2.28 bits per heavy atom. The quantitative estimate of drug-likeness (QED) is 0.493. The fourth-order valence-corrected chi connectivity index (χ4v) is 3.47. The number of nitro groups is 1. The molecule has 0 radical (unpaired) electrons. The molecule has 0 N–H and O–H groups in total. The van der Waals surface area contributed by atoms with Gasteiger partial charge in [0, 0.05) is 62.0 Å². The highest BCUT2D eigenvalue weighted by molar-refractivity contribution is 5.94. The normalized spacial score (nSPS) is 14.1. The van der Waals surface area contributed by atoms with E-state index in [2.05, 4.69) is 10.00 Å². The number of nitro benzene ring substituents is 1. The van der Waals surface area contributed by atoms with Crippen LogP contribution in [0.2, 0.25) is 0 Å². The summed E-state index contributed by atoms with van der Waals surface area (Å²) in [6.07, 6.45) is 3.65. The van der Waals surface area contributed by atoms with Crippen LogP contribution >= 0.6 is 0 Å². The first-order chi connectivity index (χ1) is 14.1. The summed E-state index contributed by atoms with van der Waals surface area (Å²) >= 11 is 0. The van der Waals surface area contributed by atoms with Crippen molar-refractivity contribution in [1.29, 1.82) is 0 Å². The van der Waals surface area contributed by atoms with Gasteiger partial charge in [0.1, 0.15) is 0 Å². The number of hydrogen-bond acceptors (Lipinski definition) is 5. The number of rotatable bonds is 5. The van der Waals surface area contributed by atoms with Gasteiger partial charge in [-0.3, -0.25) is 19.6 Å². The molecule has 2 aromatic carbocycles. The molecule has 3 aromatic rings. The summed E-state index contributed by atoms with van der Waals surface area (Å²) in [6.45, 7) is 3.30. The van der Waals surface area contributed by atoms with Crippen molar-refractivity contribution in [2.45, 2.75) is 6.54 Å². The van der Waals surface area contributed by atoms with Crippen molar-refractivity contribution in [2.24, 2.45) is 0 Å². The molecule has 2 heterocycles. The molecule has 0 atom stereocenters. The van der Waals surface area contributed by atoms with Gasteiger partial charge in [0.2, 0.25) is 0 Å². The molecule has 1 aromatic heterocycles. The third kappa shape index (κ3) is 4.26. The van der Waals surface area contributed by atoms with Crippen LogP contribution in [0.5, 0.6) is 0 Å². The predicted octanol–water partition coefficient (Wildman–Crippen LogP) is 2.80. The van der Waals surface area contributed by atoms with E-state index >= 15 is 0 Å². The van der Waals surface area contributed by atoms with Crippen molar-refractivity contribution < 1.29 is 9.72 Å². The highest BCUT2D eigenvalue weighted by Crippen LogP contribution is 2.21. The number of nitrogens with zero attached hydrogens (tertiary/aromatic N) is 5. The van der Waals surface area contributed by atoms with Crippen LogP contribution in [0.3, 0.4) is 0 Å². The van der Waals surface area contributed by atoms with Crippen molar-refractivity contribution in [3.8, 4) is 0 Å². The number of piperazine rings is 1. The lowest BCUT2D eigenvalue weighted by molar-refractivity contribution is -0.384. The Balaban J connectivity index is 1.34. The zero-order valence-electron chi connectivity index (χ0n) is 15.8. The second kappa shape index (κ2) is 8.14. The van der Waals surface area contributed by atoms with Crippen LogP contribution in [0.4, 0.5) is 11.4 Å². The van der Waals surface area contributed by atoms with Crippen molar-refractivity contribution in [2.75, 3.05) is 31.1 Å². The van der Waals surface area contributed by atoms with Gasteiger partial charge in [0.25, 0.3) is 11.6 Å². The van der Waals surface area contributed by atoms with Crippen molar-refractivity contribution in [3.05, 3.63) is 88.2 Å². The topological polar surface area (TPSA) is 84.5 Å². The van der Waals surface area contributed by atoms with E-state index in [4.69, 9.17) is 0 Å². The van der Waals surface area contributed by atoms with E-state index in [1.54, 1.807) is 18.3 Å². The molecule has 29 heavy (non-hydrogen) atoms. The maximum Gasteiger partial charge on any atom is 0.269 e. The minimum absolute atomic E-state index is 0.0268. The van der Waals surface area contributed by atoms with Crippen molar-refractivity contribution in [1.82, 2.24) is 14.7 Å². The lowest BCUT2D eigenvalue weighted by atomic mass is 10.1. The average molecular weight is 391 g/mol. The zero-order valence-corrected chi connectivity index (χ0v) is 15.8. The Morgan fingerprint density at radius 2 is 1.69 bits per heavy atom. The summed E-state index contributed by atoms with van der Waals surface area (Å²) in [4.78, 5) is 27.2. The standard InChI is InChI=1S/C21H21N5O3/c27-21(18-4-2-17(3-5-18)16-25-11-1-10-22-25)24-14-12-23(13-15-24)19-6-8-20(9-7-19)26(28)29/h1-11H,12-16H2. The number of hydrogen-bond donors (Lipinski definition) is 0. The molecule has 8 heteroatoms. The molecule has 148 valence electrons. The maximum absolute atomic E-state index is 12.8. The number of benzene rings is 2. The van der Waals surface area contributed by atoms with Gasteiger partial charge in [0.15, 0.2) is 0 Å². The molecule has 0 spiro atoms. The third-order valence-corrected chi connectivity index (χ3v) is 5.10. The molecule has 1 aliphatic heterocycles. The zero-order chi connectivity index (χ0) is 20.2. The van der Waals surface area contributed by atoms with Gasteiger partial charge in [-0.2, -0.15) is 5.10 Å². The van der Waals surface area contributed by atoms with Crippen LogP contribution in [0, 0.1) is 10.1 Å². The monoisotopic (exact) mass is 391 g/mol. The highest BCUT2D eigenvalue weighted by atomic mass is 16.6. The van der Waals surface area contributed by atoms with Gasteiger partial charge >= 0.3 is 0 Å². The Hall–Kier alpha value is -3.68. The Kier molecular flexibility index (Phi) is 5.24. The molecule has 1 amide bonds. The third-order valence-electron chi connectivity index (χ3n) is 5.10. The van der Waals surface area contributed by atoms with Gasteiger partial charge in [-0.1, -0.05) is 12.1 Å². The highest BCUT2D eigenvalue weighted by Gasteiger charge is 2.22. The molecule has 1 aliphatic rings. The van der Waals surface area contributed by atoms with E-state index in [1.807, 2.05) is 46.1 Å². The molecule has 0 saturated carbocycles. The largest absolute Gasteiger partial charge is 0.368 e. The van der Waals surface area contributed by atoms with E-state index in [0.29, 0.717) is 38.3 Å². The Labute approximate surface area is 168 Å². The fourth-order valence-electron chi connectivity index (χ4n) is 3.47. The van der Waals surface area contributed by atoms with E-state index in [-0.39, 0.29) is 11.6 Å². The summed E-state index contributed by atoms with van der Waals surface area (Å²) in [5, 5.41) is 15.0. The number of aromatic nitrogens is 2. The minimum atomic E-state index is -0.402. The first-order valence-electron chi connectivity index (χ1n) is 9.45.